The Bertz CT molecular complexity index is 866. The first-order valence-corrected chi connectivity index (χ1v) is 8.66. The number of anilines is 1. The molecule has 1 heterocycles. The lowest BCUT2D eigenvalue weighted by Crippen LogP contribution is -2.32. The second-order valence-corrected chi connectivity index (χ2v) is 6.52. The molecule has 1 fully saturated rings. The summed E-state index contributed by atoms with van der Waals surface area (Å²) in [4.78, 5) is 26.2. The van der Waals surface area contributed by atoms with Crippen LogP contribution in [0.2, 0.25) is 0 Å². The monoisotopic (exact) mass is 392 g/mol. The standard InChI is InChI=1S/C20H19F3N2O3/c1-28-17-7-5-16(6-8-17)25-12-14(10-18(25)26)19(27)24-11-13-3-2-4-15(9-13)20(21,22)23/h2-9,14H,10-12H2,1H3,(H,24,27)/t14-/m1/s1. The summed E-state index contributed by atoms with van der Waals surface area (Å²) in [5.74, 6) is -0.433. The van der Waals surface area contributed by atoms with E-state index in [9.17, 15) is 22.8 Å². The van der Waals surface area contributed by atoms with E-state index in [1.807, 2.05) is 0 Å². The van der Waals surface area contributed by atoms with Gasteiger partial charge in [-0.25, -0.2) is 0 Å². The van der Waals surface area contributed by atoms with Crippen molar-refractivity contribution in [2.24, 2.45) is 5.92 Å². The van der Waals surface area contributed by atoms with Gasteiger partial charge < -0.3 is 15.0 Å². The van der Waals surface area contributed by atoms with E-state index in [-0.39, 0.29) is 31.3 Å². The van der Waals surface area contributed by atoms with Crippen LogP contribution in [-0.2, 0) is 22.3 Å². The number of nitrogens with zero attached hydrogens (tertiary/aromatic N) is 1. The summed E-state index contributed by atoms with van der Waals surface area (Å²) >= 11 is 0. The minimum absolute atomic E-state index is 0.0318. The van der Waals surface area contributed by atoms with Crippen molar-refractivity contribution in [3.63, 3.8) is 0 Å². The average Bonchev–Trinajstić information content (AvgIpc) is 3.07. The summed E-state index contributed by atoms with van der Waals surface area (Å²) in [6.45, 7) is 0.190. The number of hydrogen-bond donors (Lipinski definition) is 1. The molecule has 0 bridgehead atoms. The largest absolute Gasteiger partial charge is 0.497 e. The molecule has 148 valence electrons. The zero-order valence-corrected chi connectivity index (χ0v) is 15.1. The Labute approximate surface area is 160 Å². The van der Waals surface area contributed by atoms with E-state index in [0.29, 0.717) is 17.0 Å². The molecule has 2 aromatic rings. The highest BCUT2D eigenvalue weighted by Gasteiger charge is 2.35. The van der Waals surface area contributed by atoms with Crippen LogP contribution in [0.5, 0.6) is 5.75 Å². The number of rotatable bonds is 5. The molecular formula is C20H19F3N2O3. The maximum atomic E-state index is 12.8. The molecule has 1 saturated heterocycles. The molecule has 2 aromatic carbocycles. The smallest absolute Gasteiger partial charge is 0.416 e. The highest BCUT2D eigenvalue weighted by Crippen LogP contribution is 2.30. The summed E-state index contributed by atoms with van der Waals surface area (Å²) in [6, 6.07) is 11.7. The van der Waals surface area contributed by atoms with Crippen molar-refractivity contribution < 1.29 is 27.5 Å². The quantitative estimate of drug-likeness (QED) is 0.849. The molecule has 0 spiro atoms. The van der Waals surface area contributed by atoms with Gasteiger partial charge in [-0.05, 0) is 42.0 Å². The van der Waals surface area contributed by atoms with E-state index in [2.05, 4.69) is 5.32 Å². The zero-order valence-electron chi connectivity index (χ0n) is 15.1. The molecule has 2 amide bonds. The normalized spacial score (nSPS) is 16.9. The van der Waals surface area contributed by atoms with Gasteiger partial charge in [0, 0.05) is 25.2 Å². The predicted octanol–water partition coefficient (Wildman–Crippen LogP) is 3.38. The van der Waals surface area contributed by atoms with Gasteiger partial charge in [0.25, 0.3) is 0 Å². The minimum atomic E-state index is -4.43. The molecular weight excluding hydrogens is 373 g/mol. The van der Waals surface area contributed by atoms with Crippen LogP contribution in [0.4, 0.5) is 18.9 Å². The molecule has 1 aliphatic heterocycles. The summed E-state index contributed by atoms with van der Waals surface area (Å²) < 4.78 is 43.4. The minimum Gasteiger partial charge on any atom is -0.497 e. The molecule has 8 heteroatoms. The van der Waals surface area contributed by atoms with Crippen LogP contribution in [-0.4, -0.2) is 25.5 Å². The molecule has 0 saturated carbocycles. The van der Waals surface area contributed by atoms with Crippen LogP contribution in [0.25, 0.3) is 0 Å². The fraction of sp³-hybridized carbons (Fsp3) is 0.300. The van der Waals surface area contributed by atoms with E-state index in [0.717, 1.165) is 12.1 Å². The molecule has 0 aliphatic carbocycles. The van der Waals surface area contributed by atoms with E-state index < -0.39 is 17.7 Å². The van der Waals surface area contributed by atoms with Gasteiger partial charge in [0.2, 0.25) is 11.8 Å². The number of alkyl halides is 3. The third kappa shape index (κ3) is 4.44. The van der Waals surface area contributed by atoms with Gasteiger partial charge in [-0.2, -0.15) is 13.2 Å². The molecule has 3 rings (SSSR count). The number of carbonyl (C=O) groups is 2. The summed E-state index contributed by atoms with van der Waals surface area (Å²) in [5.41, 5.74) is 0.250. The van der Waals surface area contributed by atoms with Gasteiger partial charge in [0.05, 0.1) is 18.6 Å². The number of hydrogen-bond acceptors (Lipinski definition) is 3. The molecule has 0 unspecified atom stereocenters. The van der Waals surface area contributed by atoms with Gasteiger partial charge in [-0.15, -0.1) is 0 Å². The topological polar surface area (TPSA) is 58.6 Å². The van der Waals surface area contributed by atoms with Crippen LogP contribution in [0.15, 0.2) is 48.5 Å². The maximum absolute atomic E-state index is 12.8. The Morgan fingerprint density at radius 1 is 1.21 bits per heavy atom. The Balaban J connectivity index is 1.60. The third-order valence-electron chi connectivity index (χ3n) is 4.60. The Hall–Kier alpha value is -3.03. The first kappa shape index (κ1) is 19.7. The van der Waals surface area contributed by atoms with Gasteiger partial charge in [-0.1, -0.05) is 12.1 Å². The average molecular weight is 392 g/mol. The fourth-order valence-corrected chi connectivity index (χ4v) is 3.09. The first-order valence-electron chi connectivity index (χ1n) is 8.66. The van der Waals surface area contributed by atoms with Gasteiger partial charge in [-0.3, -0.25) is 9.59 Å². The van der Waals surface area contributed by atoms with Crippen LogP contribution >= 0.6 is 0 Å². The number of carbonyl (C=O) groups excluding carboxylic acids is 2. The van der Waals surface area contributed by atoms with Crippen molar-refractivity contribution in [1.29, 1.82) is 0 Å². The van der Waals surface area contributed by atoms with Crippen molar-refractivity contribution in [1.82, 2.24) is 5.32 Å². The molecule has 28 heavy (non-hydrogen) atoms. The van der Waals surface area contributed by atoms with Crippen molar-refractivity contribution in [3.05, 3.63) is 59.7 Å². The third-order valence-corrected chi connectivity index (χ3v) is 4.60. The van der Waals surface area contributed by atoms with Gasteiger partial charge in [0.15, 0.2) is 0 Å². The molecule has 5 nitrogen and oxygen atoms in total. The summed E-state index contributed by atoms with van der Waals surface area (Å²) in [5, 5.41) is 2.63. The molecule has 1 atom stereocenters. The zero-order chi connectivity index (χ0) is 20.3. The number of benzene rings is 2. The van der Waals surface area contributed by atoms with E-state index in [1.165, 1.54) is 17.0 Å². The maximum Gasteiger partial charge on any atom is 0.416 e. The summed E-state index contributed by atoms with van der Waals surface area (Å²) in [6.07, 6.45) is -4.38. The number of halogens is 3. The van der Waals surface area contributed by atoms with Gasteiger partial charge in [0.1, 0.15) is 5.75 Å². The van der Waals surface area contributed by atoms with Gasteiger partial charge >= 0.3 is 6.18 Å². The molecule has 1 aliphatic rings. The second-order valence-electron chi connectivity index (χ2n) is 6.52. The van der Waals surface area contributed by atoms with E-state index in [1.54, 1.807) is 31.4 Å². The van der Waals surface area contributed by atoms with Crippen molar-refractivity contribution >= 4 is 17.5 Å². The van der Waals surface area contributed by atoms with Crippen molar-refractivity contribution in [2.75, 3.05) is 18.6 Å². The predicted molar refractivity (Wildman–Crippen MR) is 96.7 cm³/mol. The number of nitrogens with one attached hydrogen (secondary N) is 1. The number of amides is 2. The molecule has 0 aromatic heterocycles. The number of ether oxygens (including phenoxy) is 1. The second kappa shape index (κ2) is 7.92. The lowest BCUT2D eigenvalue weighted by Gasteiger charge is -2.17. The van der Waals surface area contributed by atoms with Crippen molar-refractivity contribution in [3.8, 4) is 5.75 Å². The number of methoxy groups -OCH3 is 1. The highest BCUT2D eigenvalue weighted by molar-refractivity contribution is 6.00. The molecule has 1 N–H and O–H groups in total. The Morgan fingerprint density at radius 2 is 1.93 bits per heavy atom. The fourth-order valence-electron chi connectivity index (χ4n) is 3.09. The Morgan fingerprint density at radius 3 is 2.57 bits per heavy atom. The van der Waals surface area contributed by atoms with Crippen molar-refractivity contribution in [2.45, 2.75) is 19.1 Å². The van der Waals surface area contributed by atoms with Crippen LogP contribution in [0.3, 0.4) is 0 Å². The highest BCUT2D eigenvalue weighted by atomic mass is 19.4. The summed E-state index contributed by atoms with van der Waals surface area (Å²) in [7, 11) is 1.54. The van der Waals surface area contributed by atoms with Crippen LogP contribution in [0, 0.1) is 5.92 Å². The van der Waals surface area contributed by atoms with E-state index >= 15 is 0 Å². The first-order chi connectivity index (χ1) is 13.3. The van der Waals surface area contributed by atoms with Crippen LogP contribution < -0.4 is 15.0 Å². The Kier molecular flexibility index (Phi) is 5.58. The van der Waals surface area contributed by atoms with E-state index in [4.69, 9.17) is 4.74 Å². The lowest BCUT2D eigenvalue weighted by molar-refractivity contribution is -0.137. The van der Waals surface area contributed by atoms with Crippen LogP contribution in [0.1, 0.15) is 17.5 Å². The SMILES string of the molecule is COc1ccc(N2C[C@H](C(=O)NCc3cccc(C(F)(F)F)c3)CC2=O)cc1. The molecule has 0 radical (unpaired) electrons. The lowest BCUT2D eigenvalue weighted by atomic mass is 10.1.